The van der Waals surface area contributed by atoms with Crippen molar-refractivity contribution in [3.05, 3.63) is 41.5 Å². The van der Waals surface area contributed by atoms with Crippen molar-refractivity contribution in [1.82, 2.24) is 4.90 Å². The number of nitrogens with zero attached hydrogens (tertiary/aromatic N) is 2. The van der Waals surface area contributed by atoms with E-state index in [2.05, 4.69) is 0 Å². The molecule has 1 amide bonds. The minimum Gasteiger partial charge on any atom is -0.493 e. The van der Waals surface area contributed by atoms with Gasteiger partial charge >= 0.3 is 5.91 Å². The molecule has 0 radical (unpaired) electrons. The quantitative estimate of drug-likeness (QED) is 0.647. The number of benzene rings is 2. The van der Waals surface area contributed by atoms with Gasteiger partial charge in [0.25, 0.3) is 5.78 Å². The van der Waals surface area contributed by atoms with E-state index >= 15 is 0 Å². The number of hydrogen-bond donors (Lipinski definition) is 0. The Morgan fingerprint density at radius 2 is 1.80 bits per heavy atom. The van der Waals surface area contributed by atoms with Crippen molar-refractivity contribution in [3.8, 4) is 23.0 Å². The number of hydrogen-bond acceptors (Lipinski definition) is 7. The molecule has 0 fully saturated rings. The second kappa shape index (κ2) is 8.23. The van der Waals surface area contributed by atoms with E-state index in [4.69, 9.17) is 18.9 Å². The zero-order valence-electron chi connectivity index (χ0n) is 17.3. The first-order valence-electron chi connectivity index (χ1n) is 9.80. The van der Waals surface area contributed by atoms with Gasteiger partial charge in [-0.1, -0.05) is 6.07 Å². The summed E-state index contributed by atoms with van der Waals surface area (Å²) < 4.78 is 22.1. The fourth-order valence-electron chi connectivity index (χ4n) is 3.66. The van der Waals surface area contributed by atoms with E-state index in [0.717, 1.165) is 5.56 Å². The fourth-order valence-corrected chi connectivity index (χ4v) is 3.66. The first-order chi connectivity index (χ1) is 14.5. The molecule has 8 heteroatoms. The SMILES string of the molecule is CCOc1ccc(CN(C)CN2C(=O)C(=O)c3cc4c(cc32)OCCO4)cc1OC. The molecule has 30 heavy (non-hydrogen) atoms. The second-order valence-corrected chi connectivity index (χ2v) is 7.15. The van der Waals surface area contributed by atoms with Gasteiger partial charge in [0, 0.05) is 12.6 Å². The Bertz CT molecular complexity index is 990. The van der Waals surface area contributed by atoms with E-state index in [1.165, 1.54) is 4.90 Å². The average molecular weight is 412 g/mol. The third kappa shape index (κ3) is 3.66. The van der Waals surface area contributed by atoms with E-state index in [-0.39, 0.29) is 6.67 Å². The molecule has 0 aromatic heterocycles. The van der Waals surface area contributed by atoms with Gasteiger partial charge in [0.05, 0.1) is 31.6 Å². The zero-order valence-corrected chi connectivity index (χ0v) is 17.3. The Morgan fingerprint density at radius 1 is 1.07 bits per heavy atom. The number of ether oxygens (including phenoxy) is 4. The van der Waals surface area contributed by atoms with Gasteiger partial charge in [0.15, 0.2) is 23.0 Å². The summed E-state index contributed by atoms with van der Waals surface area (Å²) in [6, 6.07) is 9.04. The zero-order chi connectivity index (χ0) is 21.3. The molecule has 0 unspecified atom stereocenters. The van der Waals surface area contributed by atoms with Crippen LogP contribution in [-0.4, -0.2) is 57.2 Å². The van der Waals surface area contributed by atoms with Crippen LogP contribution in [0.5, 0.6) is 23.0 Å². The third-order valence-corrected chi connectivity index (χ3v) is 5.00. The highest BCUT2D eigenvalue weighted by molar-refractivity contribution is 6.52. The smallest absolute Gasteiger partial charge is 0.300 e. The first kappa shape index (κ1) is 20.0. The average Bonchev–Trinajstić information content (AvgIpc) is 2.97. The van der Waals surface area contributed by atoms with Crippen molar-refractivity contribution in [2.45, 2.75) is 13.5 Å². The molecular weight excluding hydrogens is 388 g/mol. The van der Waals surface area contributed by atoms with E-state index in [1.54, 1.807) is 19.2 Å². The molecule has 0 N–H and O–H groups in total. The molecule has 2 heterocycles. The van der Waals surface area contributed by atoms with Crippen LogP contribution in [0.3, 0.4) is 0 Å². The monoisotopic (exact) mass is 412 g/mol. The molecular formula is C22H24N2O6. The number of ketones is 1. The Morgan fingerprint density at radius 3 is 2.50 bits per heavy atom. The minimum atomic E-state index is -0.552. The summed E-state index contributed by atoms with van der Waals surface area (Å²) >= 11 is 0. The van der Waals surface area contributed by atoms with Crippen LogP contribution in [0.15, 0.2) is 30.3 Å². The summed E-state index contributed by atoms with van der Waals surface area (Å²) in [4.78, 5) is 28.5. The maximum atomic E-state index is 12.6. The van der Waals surface area contributed by atoms with Gasteiger partial charge in [-0.15, -0.1) is 0 Å². The number of anilines is 1. The fraction of sp³-hybridized carbons (Fsp3) is 0.364. The van der Waals surface area contributed by atoms with Crippen LogP contribution in [0.2, 0.25) is 0 Å². The highest BCUT2D eigenvalue weighted by Gasteiger charge is 2.38. The number of methoxy groups -OCH3 is 1. The third-order valence-electron chi connectivity index (χ3n) is 5.00. The molecule has 158 valence electrons. The summed E-state index contributed by atoms with van der Waals surface area (Å²) in [5.74, 6) is 1.31. The molecule has 0 atom stereocenters. The molecule has 0 saturated carbocycles. The predicted molar refractivity (Wildman–Crippen MR) is 110 cm³/mol. The van der Waals surface area contributed by atoms with Crippen molar-refractivity contribution in [2.75, 3.05) is 45.5 Å². The van der Waals surface area contributed by atoms with Crippen LogP contribution in [0.25, 0.3) is 0 Å². The van der Waals surface area contributed by atoms with Crippen LogP contribution < -0.4 is 23.8 Å². The Hall–Kier alpha value is -3.26. The first-order valence-corrected chi connectivity index (χ1v) is 9.80. The normalized spacial score (nSPS) is 14.9. The highest BCUT2D eigenvalue weighted by atomic mass is 16.6. The lowest BCUT2D eigenvalue weighted by Crippen LogP contribution is -2.39. The van der Waals surface area contributed by atoms with E-state index in [9.17, 15) is 9.59 Å². The lowest BCUT2D eigenvalue weighted by molar-refractivity contribution is -0.114. The molecule has 2 aliphatic heterocycles. The van der Waals surface area contributed by atoms with Crippen molar-refractivity contribution < 1.29 is 28.5 Å². The lowest BCUT2D eigenvalue weighted by atomic mass is 10.1. The summed E-state index contributed by atoms with van der Waals surface area (Å²) in [5, 5.41) is 0. The molecule has 2 aliphatic rings. The Labute approximate surface area is 174 Å². The molecule has 2 aromatic rings. The highest BCUT2D eigenvalue weighted by Crippen LogP contribution is 2.40. The molecule has 0 aliphatic carbocycles. The predicted octanol–water partition coefficient (Wildman–Crippen LogP) is 2.48. The van der Waals surface area contributed by atoms with Crippen LogP contribution in [0, 0.1) is 0 Å². The summed E-state index contributed by atoms with van der Waals surface area (Å²) in [6.45, 7) is 4.15. The summed E-state index contributed by atoms with van der Waals surface area (Å²) in [6.07, 6.45) is 0. The number of Topliss-reactive ketones (excluding diaryl/α,β-unsaturated/α-hetero) is 1. The number of rotatable bonds is 7. The van der Waals surface area contributed by atoms with Crippen molar-refractivity contribution in [1.29, 1.82) is 0 Å². The molecule has 2 aromatic carbocycles. The van der Waals surface area contributed by atoms with Crippen molar-refractivity contribution >= 4 is 17.4 Å². The van der Waals surface area contributed by atoms with E-state index in [0.29, 0.717) is 60.6 Å². The van der Waals surface area contributed by atoms with Crippen LogP contribution >= 0.6 is 0 Å². The maximum absolute atomic E-state index is 12.6. The van der Waals surface area contributed by atoms with E-state index in [1.807, 2.05) is 37.1 Å². The number of carbonyl (C=O) groups excluding carboxylic acids is 2. The van der Waals surface area contributed by atoms with E-state index < -0.39 is 11.7 Å². The number of carbonyl (C=O) groups is 2. The molecule has 0 saturated heterocycles. The Balaban J connectivity index is 1.52. The largest absolute Gasteiger partial charge is 0.493 e. The van der Waals surface area contributed by atoms with Gasteiger partial charge in [-0.05, 0) is 37.7 Å². The van der Waals surface area contributed by atoms with Gasteiger partial charge in [-0.3, -0.25) is 19.4 Å². The molecule has 8 nitrogen and oxygen atoms in total. The standard InChI is InChI=1S/C22H24N2O6/c1-4-28-17-6-5-14(9-18(17)27-3)12-23(2)13-24-16-11-20-19(29-7-8-30-20)10-15(16)21(25)22(24)26/h5-6,9-11H,4,7-8,12-13H2,1-3H3. The second-order valence-electron chi connectivity index (χ2n) is 7.15. The number of amides is 1. The lowest BCUT2D eigenvalue weighted by Gasteiger charge is -2.26. The van der Waals surface area contributed by atoms with Gasteiger partial charge in [0.1, 0.15) is 13.2 Å². The maximum Gasteiger partial charge on any atom is 0.300 e. The van der Waals surface area contributed by atoms with Gasteiger partial charge in [-0.25, -0.2) is 0 Å². The van der Waals surface area contributed by atoms with Crippen LogP contribution in [0.1, 0.15) is 22.8 Å². The summed E-state index contributed by atoms with van der Waals surface area (Å²) in [7, 11) is 3.49. The van der Waals surface area contributed by atoms with Gasteiger partial charge in [0.2, 0.25) is 0 Å². The molecule has 0 bridgehead atoms. The Kier molecular flexibility index (Phi) is 5.50. The van der Waals surface area contributed by atoms with Gasteiger partial charge < -0.3 is 18.9 Å². The van der Waals surface area contributed by atoms with Crippen LogP contribution in [-0.2, 0) is 11.3 Å². The summed E-state index contributed by atoms with van der Waals surface area (Å²) in [5.41, 5.74) is 1.89. The van der Waals surface area contributed by atoms with Crippen molar-refractivity contribution in [3.63, 3.8) is 0 Å². The minimum absolute atomic E-state index is 0.257. The van der Waals surface area contributed by atoms with Crippen molar-refractivity contribution in [2.24, 2.45) is 0 Å². The molecule has 4 rings (SSSR count). The van der Waals surface area contributed by atoms with Gasteiger partial charge in [-0.2, -0.15) is 0 Å². The molecule has 0 spiro atoms. The van der Waals surface area contributed by atoms with Crippen LogP contribution in [0.4, 0.5) is 5.69 Å². The topological polar surface area (TPSA) is 77.5 Å². The number of fused-ring (bicyclic) bond motifs is 2.